The minimum atomic E-state index is -0.990. The van der Waals surface area contributed by atoms with E-state index in [9.17, 15) is 19.2 Å². The molecule has 0 bridgehead atoms. The smallest absolute Gasteiger partial charge is 0.433 e. The predicted octanol–water partition coefficient (Wildman–Crippen LogP) is 1.32. The maximum absolute atomic E-state index is 12.8. The van der Waals surface area contributed by atoms with Crippen molar-refractivity contribution in [2.75, 3.05) is 6.61 Å². The van der Waals surface area contributed by atoms with Crippen LogP contribution in [0, 0.1) is 0 Å². The molecule has 1 fully saturated rings. The zero-order valence-electron chi connectivity index (χ0n) is 13.9. The molecule has 1 saturated heterocycles. The number of hydrogen-bond donors (Lipinski definition) is 0. The Labute approximate surface area is 148 Å². The summed E-state index contributed by atoms with van der Waals surface area (Å²) in [7, 11) is 0. The van der Waals surface area contributed by atoms with Crippen molar-refractivity contribution >= 4 is 23.8 Å². The van der Waals surface area contributed by atoms with Gasteiger partial charge < -0.3 is 4.74 Å². The topological polar surface area (TPSA) is 87.2 Å². The molecule has 3 aliphatic rings. The fraction of sp³-hybridized carbons (Fsp3) is 0.222. The van der Waals surface area contributed by atoms with Crippen LogP contribution < -0.4 is 0 Å². The van der Waals surface area contributed by atoms with E-state index in [-0.39, 0.29) is 17.7 Å². The lowest BCUT2D eigenvalue weighted by atomic mass is 9.95. The van der Waals surface area contributed by atoms with Gasteiger partial charge in [-0.05, 0) is 25.1 Å². The van der Waals surface area contributed by atoms with E-state index in [0.717, 1.165) is 9.91 Å². The Kier molecular flexibility index (Phi) is 3.61. The summed E-state index contributed by atoms with van der Waals surface area (Å²) in [5.41, 5.74) is 0.559. The van der Waals surface area contributed by atoms with Crippen LogP contribution >= 0.6 is 0 Å². The van der Waals surface area contributed by atoms with Gasteiger partial charge >= 0.3 is 6.09 Å². The number of carbonyl (C=O) groups excluding carboxylic acids is 4. The highest BCUT2D eigenvalue weighted by atomic mass is 16.6. The minimum absolute atomic E-state index is 0.158. The largest absolute Gasteiger partial charge is 0.448 e. The Balaban J connectivity index is 1.65. The first-order valence-corrected chi connectivity index (χ1v) is 8.17. The molecule has 1 aromatic carbocycles. The summed E-state index contributed by atoms with van der Waals surface area (Å²) in [6.07, 6.45) is 5.62. The molecule has 0 saturated carbocycles. The van der Waals surface area contributed by atoms with Gasteiger partial charge in [-0.1, -0.05) is 24.3 Å². The van der Waals surface area contributed by atoms with Gasteiger partial charge in [-0.3, -0.25) is 19.3 Å². The van der Waals surface area contributed by atoms with Crippen molar-refractivity contribution < 1.29 is 23.9 Å². The number of allylic oxidation sites excluding steroid dienone is 2. The molecule has 3 aliphatic heterocycles. The Morgan fingerprint density at radius 3 is 2.35 bits per heavy atom. The van der Waals surface area contributed by atoms with Crippen molar-refractivity contribution in [3.05, 3.63) is 59.8 Å². The molecule has 3 heterocycles. The molecule has 0 aromatic heterocycles. The van der Waals surface area contributed by atoms with Crippen molar-refractivity contribution in [1.82, 2.24) is 14.9 Å². The second-order valence-corrected chi connectivity index (χ2v) is 5.91. The van der Waals surface area contributed by atoms with Gasteiger partial charge in [0, 0.05) is 6.20 Å². The van der Waals surface area contributed by atoms with Crippen molar-refractivity contribution in [3.8, 4) is 0 Å². The van der Waals surface area contributed by atoms with E-state index >= 15 is 0 Å². The van der Waals surface area contributed by atoms with E-state index in [4.69, 9.17) is 4.74 Å². The molecule has 26 heavy (non-hydrogen) atoms. The first kappa shape index (κ1) is 16.1. The molecule has 0 spiro atoms. The quantitative estimate of drug-likeness (QED) is 0.591. The molecule has 2 atom stereocenters. The Hall–Kier alpha value is -3.42. The van der Waals surface area contributed by atoms with Crippen LogP contribution in [0.3, 0.4) is 0 Å². The van der Waals surface area contributed by atoms with Gasteiger partial charge in [0.25, 0.3) is 17.7 Å². The standard InChI is InChI=1S/C18H15N3O5/c1-2-26-18(25)19-10-6-5-9-13-14(17(24)21(13)19)20-15(22)11-7-3-4-8-12(11)16(20)23/h3-10,13-14H,2H2,1H3/t13-,14+/m0/s1. The molecule has 0 N–H and O–H groups in total. The van der Waals surface area contributed by atoms with Crippen molar-refractivity contribution in [2.24, 2.45) is 0 Å². The highest BCUT2D eigenvalue weighted by Crippen LogP contribution is 2.35. The molecule has 4 rings (SSSR count). The van der Waals surface area contributed by atoms with Crippen LogP contribution in [0.2, 0.25) is 0 Å². The highest BCUT2D eigenvalue weighted by Gasteiger charge is 2.58. The number of ether oxygens (including phenoxy) is 1. The number of nitrogens with zero attached hydrogens (tertiary/aromatic N) is 3. The molecular formula is C18H15N3O5. The molecule has 0 radical (unpaired) electrons. The van der Waals surface area contributed by atoms with Crippen LogP contribution in [0.5, 0.6) is 0 Å². The van der Waals surface area contributed by atoms with Gasteiger partial charge in [0.2, 0.25) is 0 Å². The summed E-state index contributed by atoms with van der Waals surface area (Å²) in [6.45, 7) is 1.82. The minimum Gasteiger partial charge on any atom is -0.448 e. The Bertz CT molecular complexity index is 856. The van der Waals surface area contributed by atoms with E-state index in [1.807, 2.05) is 0 Å². The van der Waals surface area contributed by atoms with Gasteiger partial charge in [-0.25, -0.2) is 9.80 Å². The lowest BCUT2D eigenvalue weighted by Crippen LogP contribution is -2.74. The average Bonchev–Trinajstić information content (AvgIpc) is 2.79. The number of amides is 4. The molecule has 8 nitrogen and oxygen atoms in total. The van der Waals surface area contributed by atoms with Crippen LogP contribution in [-0.2, 0) is 9.53 Å². The second-order valence-electron chi connectivity index (χ2n) is 5.91. The number of β-lactam (4-membered cyclic amide) rings is 1. The van der Waals surface area contributed by atoms with Gasteiger partial charge in [0.1, 0.15) is 12.1 Å². The van der Waals surface area contributed by atoms with Crippen molar-refractivity contribution in [2.45, 2.75) is 19.0 Å². The van der Waals surface area contributed by atoms with E-state index in [2.05, 4.69) is 0 Å². The first-order chi connectivity index (χ1) is 12.6. The van der Waals surface area contributed by atoms with Crippen LogP contribution in [0.4, 0.5) is 4.79 Å². The van der Waals surface area contributed by atoms with Crippen molar-refractivity contribution in [3.63, 3.8) is 0 Å². The molecule has 0 unspecified atom stereocenters. The van der Waals surface area contributed by atoms with Crippen LogP contribution in [0.1, 0.15) is 27.6 Å². The lowest BCUT2D eigenvalue weighted by Gasteiger charge is -2.50. The summed E-state index contributed by atoms with van der Waals surface area (Å²) in [4.78, 5) is 51.2. The molecular weight excluding hydrogens is 338 g/mol. The van der Waals surface area contributed by atoms with Crippen LogP contribution in [0.15, 0.2) is 48.7 Å². The number of fused-ring (bicyclic) bond motifs is 2. The van der Waals surface area contributed by atoms with Crippen molar-refractivity contribution in [1.29, 1.82) is 0 Å². The number of benzene rings is 1. The summed E-state index contributed by atoms with van der Waals surface area (Å²) < 4.78 is 4.96. The number of rotatable bonds is 2. The molecule has 132 valence electrons. The summed E-state index contributed by atoms with van der Waals surface area (Å²) in [5, 5.41) is 2.25. The fourth-order valence-electron chi connectivity index (χ4n) is 3.36. The molecule has 1 aromatic rings. The Morgan fingerprint density at radius 2 is 1.73 bits per heavy atom. The molecule has 8 heteroatoms. The van der Waals surface area contributed by atoms with E-state index in [1.54, 1.807) is 49.4 Å². The zero-order valence-corrected chi connectivity index (χ0v) is 13.9. The lowest BCUT2D eigenvalue weighted by molar-refractivity contribution is -0.172. The third-order valence-corrected chi connectivity index (χ3v) is 4.52. The highest BCUT2D eigenvalue weighted by molar-refractivity contribution is 6.23. The van der Waals surface area contributed by atoms with Gasteiger partial charge in [-0.15, -0.1) is 0 Å². The van der Waals surface area contributed by atoms with Gasteiger partial charge in [0.15, 0.2) is 0 Å². The predicted molar refractivity (Wildman–Crippen MR) is 88.5 cm³/mol. The molecule has 0 aliphatic carbocycles. The normalized spacial score (nSPS) is 23.6. The van der Waals surface area contributed by atoms with Crippen LogP contribution in [0.25, 0.3) is 0 Å². The van der Waals surface area contributed by atoms with Gasteiger partial charge in [0.05, 0.1) is 17.7 Å². The third-order valence-electron chi connectivity index (χ3n) is 4.52. The van der Waals surface area contributed by atoms with E-state index in [0.29, 0.717) is 0 Å². The van der Waals surface area contributed by atoms with Gasteiger partial charge in [-0.2, -0.15) is 5.01 Å². The zero-order chi connectivity index (χ0) is 18.4. The monoisotopic (exact) mass is 353 g/mol. The Morgan fingerprint density at radius 1 is 1.08 bits per heavy atom. The summed E-state index contributed by atoms with van der Waals surface area (Å²) >= 11 is 0. The SMILES string of the molecule is CCOC(=O)N1C=CC=C[C@H]2[C@@H](N3C(=O)c4ccccc4C3=O)C(=O)N21. The average molecular weight is 353 g/mol. The maximum atomic E-state index is 12.8. The maximum Gasteiger partial charge on any atom is 0.433 e. The molecule has 4 amide bonds. The van der Waals surface area contributed by atoms with Crippen LogP contribution in [-0.4, -0.2) is 57.4 Å². The second kappa shape index (κ2) is 5.83. The summed E-state index contributed by atoms with van der Waals surface area (Å²) in [6, 6.07) is 4.83. The fourth-order valence-corrected chi connectivity index (χ4v) is 3.36. The van der Waals surface area contributed by atoms with E-state index < -0.39 is 35.9 Å². The number of hydrogen-bond acceptors (Lipinski definition) is 5. The van der Waals surface area contributed by atoms with E-state index in [1.165, 1.54) is 11.2 Å². The number of imide groups is 1. The number of carbonyl (C=O) groups is 4. The third kappa shape index (κ3) is 2.08. The number of hydrazine groups is 1. The first-order valence-electron chi connectivity index (χ1n) is 8.17. The summed E-state index contributed by atoms with van der Waals surface area (Å²) in [5.74, 6) is -1.53.